The normalized spacial score (nSPS) is 16.0. The lowest BCUT2D eigenvalue weighted by molar-refractivity contribution is 0.464. The van der Waals surface area contributed by atoms with Crippen LogP contribution >= 0.6 is 31.9 Å². The number of allylic oxidation sites excluding steroid dienone is 1. The van der Waals surface area contributed by atoms with E-state index in [1.807, 2.05) is 6.07 Å². The molecule has 1 aliphatic carbocycles. The van der Waals surface area contributed by atoms with Gasteiger partial charge in [-0.15, -0.1) is 0 Å². The van der Waals surface area contributed by atoms with Crippen LogP contribution in [0.3, 0.4) is 0 Å². The van der Waals surface area contributed by atoms with Gasteiger partial charge in [-0.3, -0.25) is 0 Å². The quantitative estimate of drug-likeness (QED) is 0.602. The average molecular weight is 363 g/mol. The maximum Gasteiger partial charge on any atom is 0.183 e. The molecule has 0 unspecified atom stereocenters. The van der Waals surface area contributed by atoms with E-state index in [1.165, 1.54) is 32.1 Å². The summed E-state index contributed by atoms with van der Waals surface area (Å²) in [6, 6.07) is 2.00. The number of furan rings is 1. The first kappa shape index (κ1) is 13.4. The summed E-state index contributed by atoms with van der Waals surface area (Å²) in [5, 5.41) is 3.41. The van der Waals surface area contributed by atoms with Crippen LogP contribution in [0.25, 0.3) is 0 Å². The van der Waals surface area contributed by atoms with Crippen LogP contribution in [-0.2, 0) is 6.54 Å². The van der Waals surface area contributed by atoms with E-state index in [4.69, 9.17) is 4.42 Å². The third-order valence-electron chi connectivity index (χ3n) is 3.00. The van der Waals surface area contributed by atoms with E-state index < -0.39 is 0 Å². The zero-order chi connectivity index (χ0) is 12.1. The summed E-state index contributed by atoms with van der Waals surface area (Å²) in [6.07, 6.45) is 8.87. The minimum atomic E-state index is 0.768. The van der Waals surface area contributed by atoms with Crippen molar-refractivity contribution in [2.45, 2.75) is 38.6 Å². The van der Waals surface area contributed by atoms with Crippen LogP contribution in [0.15, 0.2) is 31.3 Å². The highest BCUT2D eigenvalue weighted by Gasteiger charge is 2.06. The summed E-state index contributed by atoms with van der Waals surface area (Å²) < 4.78 is 7.24. The van der Waals surface area contributed by atoms with Gasteiger partial charge in [-0.05, 0) is 76.6 Å². The SMILES string of the molecule is Brc1cc(CNCCC2=CCCCC2)oc1Br. The van der Waals surface area contributed by atoms with Crippen LogP contribution in [0.4, 0.5) is 0 Å². The van der Waals surface area contributed by atoms with E-state index in [-0.39, 0.29) is 0 Å². The Labute approximate surface area is 119 Å². The molecule has 2 rings (SSSR count). The van der Waals surface area contributed by atoms with E-state index >= 15 is 0 Å². The summed E-state index contributed by atoms with van der Waals surface area (Å²) in [6.45, 7) is 1.82. The second kappa shape index (κ2) is 6.76. The summed E-state index contributed by atoms with van der Waals surface area (Å²) >= 11 is 6.75. The van der Waals surface area contributed by atoms with E-state index in [1.54, 1.807) is 5.57 Å². The molecule has 0 saturated heterocycles. The lowest BCUT2D eigenvalue weighted by Crippen LogP contribution is -2.15. The topological polar surface area (TPSA) is 25.2 Å². The molecule has 0 radical (unpaired) electrons. The fraction of sp³-hybridized carbons (Fsp3) is 0.538. The fourth-order valence-electron chi connectivity index (χ4n) is 2.07. The van der Waals surface area contributed by atoms with Crippen molar-refractivity contribution < 1.29 is 4.42 Å². The Balaban J connectivity index is 1.67. The summed E-state index contributed by atoms with van der Waals surface area (Å²) in [5.41, 5.74) is 1.62. The lowest BCUT2D eigenvalue weighted by Gasteiger charge is -2.12. The second-order valence-electron chi connectivity index (χ2n) is 4.37. The molecular formula is C13H17Br2NO. The van der Waals surface area contributed by atoms with Gasteiger partial charge < -0.3 is 9.73 Å². The van der Waals surface area contributed by atoms with Crippen LogP contribution in [0.1, 0.15) is 37.9 Å². The molecule has 1 aliphatic rings. The highest BCUT2D eigenvalue weighted by atomic mass is 79.9. The standard InChI is InChI=1S/C13H17Br2NO/c14-12-8-11(17-13(12)15)9-16-7-6-10-4-2-1-3-5-10/h4,8,16H,1-3,5-7,9H2. The van der Waals surface area contributed by atoms with Crippen molar-refractivity contribution in [1.29, 1.82) is 0 Å². The Kier molecular flexibility index (Phi) is 5.32. The fourth-order valence-corrected chi connectivity index (χ4v) is 2.73. The molecular weight excluding hydrogens is 346 g/mol. The van der Waals surface area contributed by atoms with E-state index in [9.17, 15) is 0 Å². The zero-order valence-electron chi connectivity index (χ0n) is 9.77. The van der Waals surface area contributed by atoms with Gasteiger partial charge in [0.15, 0.2) is 4.67 Å². The van der Waals surface area contributed by atoms with Crippen LogP contribution in [0, 0.1) is 0 Å². The molecule has 1 aromatic rings. The van der Waals surface area contributed by atoms with Gasteiger partial charge in [0, 0.05) is 0 Å². The number of hydrogen-bond acceptors (Lipinski definition) is 2. The Morgan fingerprint density at radius 2 is 2.18 bits per heavy atom. The largest absolute Gasteiger partial charge is 0.452 e. The van der Waals surface area contributed by atoms with Gasteiger partial charge in [-0.2, -0.15) is 0 Å². The predicted octanol–water partition coefficient (Wildman–Crippen LogP) is 4.78. The Morgan fingerprint density at radius 3 is 2.82 bits per heavy atom. The van der Waals surface area contributed by atoms with Crippen LogP contribution < -0.4 is 5.32 Å². The van der Waals surface area contributed by atoms with E-state index in [0.717, 1.165) is 28.0 Å². The third kappa shape index (κ3) is 4.27. The molecule has 0 fully saturated rings. The average Bonchev–Trinajstić information content (AvgIpc) is 2.66. The maximum absolute atomic E-state index is 5.50. The van der Waals surface area contributed by atoms with Gasteiger partial charge in [0.1, 0.15) is 5.76 Å². The number of nitrogens with one attached hydrogen (secondary N) is 1. The Hall–Kier alpha value is -0.0600. The minimum absolute atomic E-state index is 0.768. The van der Waals surface area contributed by atoms with Gasteiger partial charge in [0.2, 0.25) is 0 Å². The van der Waals surface area contributed by atoms with Crippen molar-refractivity contribution in [1.82, 2.24) is 5.32 Å². The number of halogens is 2. The third-order valence-corrected chi connectivity index (χ3v) is 4.71. The molecule has 0 aliphatic heterocycles. The van der Waals surface area contributed by atoms with E-state index in [2.05, 4.69) is 43.3 Å². The van der Waals surface area contributed by atoms with Crippen molar-refractivity contribution in [2.75, 3.05) is 6.54 Å². The van der Waals surface area contributed by atoms with Crippen molar-refractivity contribution in [2.24, 2.45) is 0 Å². The molecule has 0 bridgehead atoms. The molecule has 0 spiro atoms. The van der Waals surface area contributed by atoms with Crippen LogP contribution in [-0.4, -0.2) is 6.54 Å². The number of rotatable bonds is 5. The first-order chi connectivity index (χ1) is 8.25. The predicted molar refractivity (Wildman–Crippen MR) is 77.0 cm³/mol. The van der Waals surface area contributed by atoms with Gasteiger partial charge in [-0.25, -0.2) is 0 Å². The van der Waals surface area contributed by atoms with Gasteiger partial charge in [0.05, 0.1) is 11.0 Å². The molecule has 1 heterocycles. The molecule has 17 heavy (non-hydrogen) atoms. The monoisotopic (exact) mass is 361 g/mol. The van der Waals surface area contributed by atoms with Crippen molar-refractivity contribution in [3.63, 3.8) is 0 Å². The molecule has 1 aromatic heterocycles. The van der Waals surface area contributed by atoms with Crippen LogP contribution in [0.5, 0.6) is 0 Å². The van der Waals surface area contributed by atoms with Crippen molar-refractivity contribution >= 4 is 31.9 Å². The van der Waals surface area contributed by atoms with Gasteiger partial charge in [-0.1, -0.05) is 11.6 Å². The molecule has 4 heteroatoms. The summed E-state index contributed by atoms with van der Waals surface area (Å²) in [4.78, 5) is 0. The first-order valence-electron chi connectivity index (χ1n) is 6.08. The lowest BCUT2D eigenvalue weighted by atomic mass is 9.97. The van der Waals surface area contributed by atoms with Crippen molar-refractivity contribution in [3.8, 4) is 0 Å². The molecule has 0 aromatic carbocycles. The van der Waals surface area contributed by atoms with Gasteiger partial charge >= 0.3 is 0 Å². The minimum Gasteiger partial charge on any atom is -0.452 e. The molecule has 1 N–H and O–H groups in total. The van der Waals surface area contributed by atoms with E-state index in [0.29, 0.717) is 0 Å². The highest BCUT2D eigenvalue weighted by molar-refractivity contribution is 9.13. The molecule has 0 atom stereocenters. The van der Waals surface area contributed by atoms with Gasteiger partial charge in [0.25, 0.3) is 0 Å². The smallest absolute Gasteiger partial charge is 0.183 e. The highest BCUT2D eigenvalue weighted by Crippen LogP contribution is 2.26. The molecule has 0 amide bonds. The number of hydrogen-bond donors (Lipinski definition) is 1. The molecule has 0 saturated carbocycles. The summed E-state index contributed by atoms with van der Waals surface area (Å²) in [5.74, 6) is 0.960. The van der Waals surface area contributed by atoms with Crippen LogP contribution in [0.2, 0.25) is 0 Å². The summed E-state index contributed by atoms with van der Waals surface area (Å²) in [7, 11) is 0. The zero-order valence-corrected chi connectivity index (χ0v) is 12.9. The Bertz CT molecular complexity index is 379. The second-order valence-corrected chi connectivity index (χ2v) is 5.94. The molecule has 2 nitrogen and oxygen atoms in total. The first-order valence-corrected chi connectivity index (χ1v) is 7.66. The Morgan fingerprint density at radius 1 is 1.29 bits per heavy atom. The maximum atomic E-state index is 5.50. The van der Waals surface area contributed by atoms with Crippen molar-refractivity contribution in [3.05, 3.63) is 32.6 Å². The molecule has 94 valence electrons.